The molecular formula is C28H21IO5S. The van der Waals surface area contributed by atoms with E-state index in [2.05, 4.69) is 22.6 Å². The van der Waals surface area contributed by atoms with Gasteiger partial charge in [0.2, 0.25) is 0 Å². The van der Waals surface area contributed by atoms with Crippen molar-refractivity contribution in [3.63, 3.8) is 0 Å². The Morgan fingerprint density at radius 1 is 0.686 bits per heavy atom. The van der Waals surface area contributed by atoms with Gasteiger partial charge in [-0.15, -0.1) is 0 Å². The largest absolute Gasteiger partial charge is 0.495 e. The molecule has 0 radical (unpaired) electrons. The van der Waals surface area contributed by atoms with Gasteiger partial charge in [-0.3, -0.25) is 0 Å². The Morgan fingerprint density at radius 3 is 1.83 bits per heavy atom. The summed E-state index contributed by atoms with van der Waals surface area (Å²) in [5, 5.41) is 3.12. The molecule has 0 unspecified atom stereocenters. The number of fused-ring (bicyclic) bond motifs is 2. The van der Waals surface area contributed by atoms with Crippen LogP contribution in [0, 0.1) is 3.57 Å². The van der Waals surface area contributed by atoms with E-state index < -0.39 is 10.1 Å². The minimum atomic E-state index is -4.22. The summed E-state index contributed by atoms with van der Waals surface area (Å²) in [4.78, 5) is 0.0799. The Bertz CT molecular complexity index is 1650. The standard InChI is InChI=1S/C28H21IO5S/c1-32-26-20-15-9-10-16-21(20)27(33-2)24-23(26)17-22(18-11-5-3-6-12-18)28(25(24)29)35(30,31)34-19-13-7-4-8-14-19/h3-17H,1-2H3. The first kappa shape index (κ1) is 23.4. The second-order valence-electron chi connectivity index (χ2n) is 7.82. The van der Waals surface area contributed by atoms with Crippen molar-refractivity contribution in [2.45, 2.75) is 4.90 Å². The molecular weight excluding hydrogens is 575 g/mol. The minimum Gasteiger partial charge on any atom is -0.495 e. The van der Waals surface area contributed by atoms with Crippen LogP contribution in [-0.2, 0) is 10.1 Å². The quantitative estimate of drug-likeness (QED) is 0.120. The van der Waals surface area contributed by atoms with E-state index in [4.69, 9.17) is 13.7 Å². The summed E-state index contributed by atoms with van der Waals surface area (Å²) in [6.45, 7) is 0. The van der Waals surface area contributed by atoms with E-state index in [0.717, 1.165) is 21.7 Å². The summed E-state index contributed by atoms with van der Waals surface area (Å²) in [6, 6.07) is 27.5. The first-order valence-corrected chi connectivity index (χ1v) is 13.3. The zero-order chi connectivity index (χ0) is 24.6. The average molecular weight is 596 g/mol. The fourth-order valence-electron chi connectivity index (χ4n) is 4.34. The Morgan fingerprint density at radius 2 is 1.23 bits per heavy atom. The normalized spacial score (nSPS) is 11.5. The molecule has 0 amide bonds. The molecule has 5 aromatic carbocycles. The summed E-state index contributed by atoms with van der Waals surface area (Å²) < 4.78 is 45.4. The number of halogens is 1. The van der Waals surface area contributed by atoms with Gasteiger partial charge in [0.05, 0.1) is 14.2 Å². The van der Waals surface area contributed by atoms with Crippen LogP contribution in [-0.4, -0.2) is 22.6 Å². The molecule has 0 aliphatic carbocycles. The van der Waals surface area contributed by atoms with Crippen LogP contribution in [0.1, 0.15) is 0 Å². The Hall–Kier alpha value is -3.30. The lowest BCUT2D eigenvalue weighted by Gasteiger charge is -2.20. The van der Waals surface area contributed by atoms with Crippen molar-refractivity contribution in [3.8, 4) is 28.4 Å². The monoisotopic (exact) mass is 596 g/mol. The second-order valence-corrected chi connectivity index (χ2v) is 10.4. The van der Waals surface area contributed by atoms with Gasteiger partial charge in [-0.1, -0.05) is 72.8 Å². The molecule has 0 spiro atoms. The van der Waals surface area contributed by atoms with Crippen molar-refractivity contribution < 1.29 is 22.1 Å². The molecule has 35 heavy (non-hydrogen) atoms. The summed E-state index contributed by atoms with van der Waals surface area (Å²) in [5.41, 5.74) is 1.27. The molecule has 0 aromatic heterocycles. The maximum absolute atomic E-state index is 13.8. The van der Waals surface area contributed by atoms with Crippen molar-refractivity contribution in [1.29, 1.82) is 0 Å². The van der Waals surface area contributed by atoms with Crippen LogP contribution in [0.5, 0.6) is 17.2 Å². The number of benzene rings is 5. The van der Waals surface area contributed by atoms with Gasteiger partial charge in [0.25, 0.3) is 0 Å². The van der Waals surface area contributed by atoms with Crippen LogP contribution in [0.15, 0.2) is 95.9 Å². The molecule has 0 aliphatic heterocycles. The maximum atomic E-state index is 13.8. The van der Waals surface area contributed by atoms with Gasteiger partial charge in [0.15, 0.2) is 0 Å². The van der Waals surface area contributed by atoms with E-state index in [9.17, 15) is 8.42 Å². The summed E-state index contributed by atoms with van der Waals surface area (Å²) in [7, 11) is -1.01. The zero-order valence-corrected chi connectivity index (χ0v) is 22.0. The van der Waals surface area contributed by atoms with Crippen molar-refractivity contribution in [3.05, 3.63) is 94.6 Å². The van der Waals surface area contributed by atoms with Crippen LogP contribution < -0.4 is 13.7 Å². The number of hydrogen-bond donors (Lipinski definition) is 0. The van der Waals surface area contributed by atoms with Crippen molar-refractivity contribution in [2.75, 3.05) is 14.2 Å². The first-order valence-electron chi connectivity index (χ1n) is 10.8. The fraction of sp³-hybridized carbons (Fsp3) is 0.0714. The lowest BCUT2D eigenvalue weighted by molar-refractivity contribution is 0.417. The summed E-state index contributed by atoms with van der Waals surface area (Å²) in [5.74, 6) is 1.47. The molecule has 0 saturated heterocycles. The summed E-state index contributed by atoms with van der Waals surface area (Å²) >= 11 is 2.08. The van der Waals surface area contributed by atoms with Gasteiger partial charge >= 0.3 is 10.1 Å². The number of methoxy groups -OCH3 is 2. The van der Waals surface area contributed by atoms with Gasteiger partial charge < -0.3 is 13.7 Å². The van der Waals surface area contributed by atoms with Gasteiger partial charge in [-0.2, -0.15) is 8.42 Å². The number of hydrogen-bond acceptors (Lipinski definition) is 5. The topological polar surface area (TPSA) is 61.8 Å². The highest BCUT2D eigenvalue weighted by molar-refractivity contribution is 14.1. The minimum absolute atomic E-state index is 0.0799. The van der Waals surface area contributed by atoms with E-state index in [0.29, 0.717) is 26.0 Å². The lowest BCUT2D eigenvalue weighted by Crippen LogP contribution is -2.13. The smallest absolute Gasteiger partial charge is 0.340 e. The Labute approximate surface area is 217 Å². The molecule has 5 nitrogen and oxygen atoms in total. The van der Waals surface area contributed by atoms with Crippen molar-refractivity contribution in [2.24, 2.45) is 0 Å². The molecule has 5 rings (SSSR count). The molecule has 7 heteroatoms. The van der Waals surface area contributed by atoms with E-state index in [1.807, 2.05) is 60.7 Å². The van der Waals surface area contributed by atoms with E-state index in [-0.39, 0.29) is 10.6 Å². The molecule has 0 heterocycles. The van der Waals surface area contributed by atoms with Crippen LogP contribution in [0.4, 0.5) is 0 Å². The fourth-order valence-corrected chi connectivity index (χ4v) is 7.20. The van der Waals surface area contributed by atoms with Gasteiger partial charge in [-0.05, 0) is 46.4 Å². The van der Waals surface area contributed by atoms with Crippen LogP contribution in [0.3, 0.4) is 0 Å². The van der Waals surface area contributed by atoms with E-state index in [1.165, 1.54) is 0 Å². The predicted octanol–water partition coefficient (Wildman–Crippen LogP) is 7.05. The molecule has 0 atom stereocenters. The lowest BCUT2D eigenvalue weighted by atomic mass is 9.96. The third-order valence-electron chi connectivity index (χ3n) is 5.80. The highest BCUT2D eigenvalue weighted by atomic mass is 127. The first-order chi connectivity index (χ1) is 17.0. The molecule has 176 valence electrons. The SMILES string of the molecule is COc1c2ccccc2c(OC)c2c(I)c(S(=O)(=O)Oc3ccccc3)c(-c3ccccc3)cc12. The number of rotatable bonds is 6. The van der Waals surface area contributed by atoms with Crippen molar-refractivity contribution >= 4 is 54.3 Å². The Kier molecular flexibility index (Phi) is 6.29. The molecule has 0 N–H and O–H groups in total. The average Bonchev–Trinajstić information content (AvgIpc) is 2.87. The second kappa shape index (κ2) is 9.39. The molecule has 0 bridgehead atoms. The molecule has 0 aliphatic rings. The predicted molar refractivity (Wildman–Crippen MR) is 147 cm³/mol. The molecule has 0 fully saturated rings. The number of ether oxygens (including phenoxy) is 2. The third-order valence-corrected chi connectivity index (χ3v) is 8.58. The maximum Gasteiger partial charge on any atom is 0.340 e. The van der Waals surface area contributed by atoms with Crippen molar-refractivity contribution in [1.82, 2.24) is 0 Å². The summed E-state index contributed by atoms with van der Waals surface area (Å²) in [6.07, 6.45) is 0. The molecule has 0 saturated carbocycles. The van der Waals surface area contributed by atoms with Crippen LogP contribution in [0.25, 0.3) is 32.7 Å². The highest BCUT2D eigenvalue weighted by Crippen LogP contribution is 2.48. The van der Waals surface area contributed by atoms with E-state index in [1.54, 1.807) is 44.6 Å². The molecule has 5 aromatic rings. The zero-order valence-electron chi connectivity index (χ0n) is 19.0. The third kappa shape index (κ3) is 4.08. The van der Waals surface area contributed by atoms with E-state index >= 15 is 0 Å². The van der Waals surface area contributed by atoms with Gasteiger partial charge in [0.1, 0.15) is 22.1 Å². The van der Waals surface area contributed by atoms with Gasteiger partial charge in [-0.25, -0.2) is 0 Å². The van der Waals surface area contributed by atoms with Crippen LogP contribution in [0.2, 0.25) is 0 Å². The highest BCUT2D eigenvalue weighted by Gasteiger charge is 2.30. The van der Waals surface area contributed by atoms with Gasteiger partial charge in [0, 0.05) is 30.7 Å². The Balaban J connectivity index is 1.94. The van der Waals surface area contributed by atoms with Crippen LogP contribution >= 0.6 is 22.6 Å². The number of para-hydroxylation sites is 1.